The molecular weight excluding hydrogens is 208 g/mol. The van der Waals surface area contributed by atoms with Crippen molar-refractivity contribution in [1.82, 2.24) is 10.5 Å². The van der Waals surface area contributed by atoms with E-state index < -0.39 is 5.97 Å². The highest BCUT2D eigenvalue weighted by Gasteiger charge is 2.26. The van der Waals surface area contributed by atoms with Gasteiger partial charge in [0.15, 0.2) is 0 Å². The Morgan fingerprint density at radius 2 is 2.50 bits per heavy atom. The maximum atomic E-state index is 10.9. The van der Waals surface area contributed by atoms with Gasteiger partial charge in [0.1, 0.15) is 6.26 Å². The summed E-state index contributed by atoms with van der Waals surface area (Å²) in [5.41, 5.74) is 0.998. The first-order valence-corrected chi connectivity index (χ1v) is 5.60. The maximum absolute atomic E-state index is 10.9. The molecule has 1 aliphatic carbocycles. The highest BCUT2D eigenvalue weighted by atomic mass is 16.5. The molecule has 0 amide bonds. The van der Waals surface area contributed by atoms with Crippen molar-refractivity contribution in [1.29, 1.82) is 0 Å². The van der Waals surface area contributed by atoms with Gasteiger partial charge in [-0.25, -0.2) is 0 Å². The molecule has 16 heavy (non-hydrogen) atoms. The first kappa shape index (κ1) is 11.1. The standard InChI is InChI=1S/C11H16N2O3/c14-11(15)9-2-1-3-10(4-9)12-5-8-6-13-16-7-8/h6-7,9-10,12H,1-5H2,(H,14,15). The Balaban J connectivity index is 1.79. The quantitative estimate of drug-likeness (QED) is 0.808. The number of aliphatic carboxylic acids is 1. The number of rotatable bonds is 4. The molecule has 1 heterocycles. The number of nitrogens with one attached hydrogen (secondary N) is 1. The zero-order valence-electron chi connectivity index (χ0n) is 9.06. The number of hydrogen-bond acceptors (Lipinski definition) is 4. The third kappa shape index (κ3) is 2.82. The van der Waals surface area contributed by atoms with Crippen LogP contribution in [0.1, 0.15) is 31.2 Å². The molecule has 88 valence electrons. The van der Waals surface area contributed by atoms with E-state index >= 15 is 0 Å². The van der Waals surface area contributed by atoms with Crippen LogP contribution < -0.4 is 5.32 Å². The van der Waals surface area contributed by atoms with E-state index in [4.69, 9.17) is 9.63 Å². The molecule has 0 radical (unpaired) electrons. The average Bonchev–Trinajstić information content (AvgIpc) is 2.79. The molecule has 1 fully saturated rings. The van der Waals surface area contributed by atoms with Gasteiger partial charge < -0.3 is 14.9 Å². The maximum Gasteiger partial charge on any atom is 0.306 e. The molecule has 2 unspecified atom stereocenters. The lowest BCUT2D eigenvalue weighted by atomic mass is 9.86. The highest BCUT2D eigenvalue weighted by molar-refractivity contribution is 5.70. The predicted molar refractivity (Wildman–Crippen MR) is 56.7 cm³/mol. The molecule has 0 aromatic carbocycles. The van der Waals surface area contributed by atoms with Crippen LogP contribution in [0.4, 0.5) is 0 Å². The minimum absolute atomic E-state index is 0.186. The van der Waals surface area contributed by atoms with Crippen molar-refractivity contribution in [3.05, 3.63) is 18.0 Å². The molecule has 1 aromatic heterocycles. The minimum atomic E-state index is -0.670. The Bertz CT molecular complexity index is 337. The summed E-state index contributed by atoms with van der Waals surface area (Å²) < 4.78 is 4.73. The van der Waals surface area contributed by atoms with Gasteiger partial charge in [0, 0.05) is 18.2 Å². The summed E-state index contributed by atoms with van der Waals surface area (Å²) in [5.74, 6) is -0.856. The van der Waals surface area contributed by atoms with Crippen LogP contribution in [0, 0.1) is 5.92 Å². The number of aromatic nitrogens is 1. The molecule has 5 heteroatoms. The molecule has 2 atom stereocenters. The molecule has 2 rings (SSSR count). The van der Waals surface area contributed by atoms with Crippen LogP contribution in [-0.2, 0) is 11.3 Å². The summed E-state index contributed by atoms with van der Waals surface area (Å²) in [5, 5.41) is 15.9. The van der Waals surface area contributed by atoms with E-state index in [0.29, 0.717) is 12.6 Å². The van der Waals surface area contributed by atoms with Crippen molar-refractivity contribution in [3.8, 4) is 0 Å². The summed E-state index contributed by atoms with van der Waals surface area (Å²) in [4.78, 5) is 10.9. The predicted octanol–water partition coefficient (Wildman–Crippen LogP) is 1.41. The molecule has 0 aliphatic heterocycles. The van der Waals surface area contributed by atoms with Crippen LogP contribution in [0.3, 0.4) is 0 Å². The van der Waals surface area contributed by atoms with Gasteiger partial charge in [-0.3, -0.25) is 4.79 Å². The Morgan fingerprint density at radius 3 is 3.19 bits per heavy atom. The summed E-state index contributed by atoms with van der Waals surface area (Å²) in [7, 11) is 0. The van der Waals surface area contributed by atoms with Crippen LogP contribution in [0.2, 0.25) is 0 Å². The monoisotopic (exact) mass is 224 g/mol. The molecule has 0 spiro atoms. The zero-order chi connectivity index (χ0) is 11.4. The van der Waals surface area contributed by atoms with Crippen LogP contribution >= 0.6 is 0 Å². The lowest BCUT2D eigenvalue weighted by Crippen LogP contribution is -2.35. The van der Waals surface area contributed by atoms with Gasteiger partial charge in [-0.2, -0.15) is 0 Å². The zero-order valence-corrected chi connectivity index (χ0v) is 9.06. The third-order valence-corrected chi connectivity index (χ3v) is 3.10. The second-order valence-corrected chi connectivity index (χ2v) is 4.31. The molecule has 5 nitrogen and oxygen atoms in total. The van der Waals surface area contributed by atoms with Crippen LogP contribution in [-0.4, -0.2) is 22.3 Å². The minimum Gasteiger partial charge on any atom is -0.481 e. The molecule has 2 N–H and O–H groups in total. The van der Waals surface area contributed by atoms with Crippen molar-refractivity contribution in [2.45, 2.75) is 38.3 Å². The average molecular weight is 224 g/mol. The van der Waals surface area contributed by atoms with E-state index in [1.807, 2.05) is 0 Å². The van der Waals surface area contributed by atoms with Gasteiger partial charge in [-0.05, 0) is 19.3 Å². The normalized spacial score (nSPS) is 25.5. The Labute approximate surface area is 93.8 Å². The SMILES string of the molecule is O=C(O)C1CCCC(NCc2cnoc2)C1. The number of nitrogens with zero attached hydrogens (tertiary/aromatic N) is 1. The lowest BCUT2D eigenvalue weighted by molar-refractivity contribution is -0.143. The summed E-state index contributed by atoms with van der Waals surface area (Å²) in [6.45, 7) is 0.695. The van der Waals surface area contributed by atoms with Gasteiger partial charge in [0.05, 0.1) is 12.1 Å². The van der Waals surface area contributed by atoms with E-state index in [1.54, 1.807) is 12.5 Å². The summed E-state index contributed by atoms with van der Waals surface area (Å²) in [6, 6.07) is 0.296. The fourth-order valence-corrected chi connectivity index (χ4v) is 2.18. The Morgan fingerprint density at radius 1 is 1.62 bits per heavy atom. The second-order valence-electron chi connectivity index (χ2n) is 4.31. The second kappa shape index (κ2) is 5.12. The number of hydrogen-bond donors (Lipinski definition) is 2. The van der Waals surface area contributed by atoms with E-state index in [9.17, 15) is 4.79 Å². The molecule has 0 saturated heterocycles. The number of carboxylic acids is 1. The van der Waals surface area contributed by atoms with Crippen LogP contribution in [0.5, 0.6) is 0 Å². The molecule has 1 saturated carbocycles. The van der Waals surface area contributed by atoms with Crippen LogP contribution in [0.25, 0.3) is 0 Å². The van der Waals surface area contributed by atoms with E-state index in [2.05, 4.69) is 10.5 Å². The topological polar surface area (TPSA) is 75.4 Å². The van der Waals surface area contributed by atoms with Crippen molar-refractivity contribution < 1.29 is 14.4 Å². The fourth-order valence-electron chi connectivity index (χ4n) is 2.18. The smallest absolute Gasteiger partial charge is 0.306 e. The van der Waals surface area contributed by atoms with Gasteiger partial charge in [0.25, 0.3) is 0 Å². The van der Waals surface area contributed by atoms with Crippen molar-refractivity contribution in [2.75, 3.05) is 0 Å². The van der Waals surface area contributed by atoms with E-state index in [-0.39, 0.29) is 5.92 Å². The van der Waals surface area contributed by atoms with Crippen molar-refractivity contribution in [3.63, 3.8) is 0 Å². The largest absolute Gasteiger partial charge is 0.481 e. The van der Waals surface area contributed by atoms with E-state index in [1.165, 1.54) is 0 Å². The Kier molecular flexibility index (Phi) is 3.56. The molecular formula is C11H16N2O3. The van der Waals surface area contributed by atoms with Crippen molar-refractivity contribution in [2.24, 2.45) is 5.92 Å². The first-order chi connectivity index (χ1) is 7.75. The van der Waals surface area contributed by atoms with Crippen LogP contribution in [0.15, 0.2) is 17.0 Å². The summed E-state index contributed by atoms with van der Waals surface area (Å²) in [6.07, 6.45) is 6.84. The first-order valence-electron chi connectivity index (χ1n) is 5.60. The molecule has 1 aliphatic rings. The van der Waals surface area contributed by atoms with Gasteiger partial charge in [0.2, 0.25) is 0 Å². The fraction of sp³-hybridized carbons (Fsp3) is 0.636. The third-order valence-electron chi connectivity index (χ3n) is 3.10. The van der Waals surface area contributed by atoms with Crippen molar-refractivity contribution >= 4 is 5.97 Å². The van der Waals surface area contributed by atoms with Gasteiger partial charge in [-0.15, -0.1) is 0 Å². The number of carbonyl (C=O) groups is 1. The van der Waals surface area contributed by atoms with Gasteiger partial charge >= 0.3 is 5.97 Å². The Hall–Kier alpha value is -1.36. The summed E-state index contributed by atoms with van der Waals surface area (Å²) >= 11 is 0. The van der Waals surface area contributed by atoms with E-state index in [0.717, 1.165) is 31.2 Å². The molecule has 1 aromatic rings. The van der Waals surface area contributed by atoms with Gasteiger partial charge in [-0.1, -0.05) is 11.6 Å². The number of carboxylic acid groups (broad SMARTS) is 1. The molecule has 0 bridgehead atoms. The highest BCUT2D eigenvalue weighted by Crippen LogP contribution is 2.24. The lowest BCUT2D eigenvalue weighted by Gasteiger charge is -2.27.